The summed E-state index contributed by atoms with van der Waals surface area (Å²) in [5.41, 5.74) is 5.44. The van der Waals surface area contributed by atoms with Crippen molar-refractivity contribution in [3.05, 3.63) is 0 Å². The number of sulfone groups is 1. The highest BCUT2D eigenvalue weighted by Gasteiger charge is 2.33. The van der Waals surface area contributed by atoms with Gasteiger partial charge in [0.15, 0.2) is 9.84 Å². The Hall–Kier alpha value is -0.0900. The first-order valence-electron chi connectivity index (χ1n) is 5.95. The molecular weight excluding hydrogens is 210 g/mol. The maximum atomic E-state index is 12.0. The van der Waals surface area contributed by atoms with Gasteiger partial charge in [0.1, 0.15) is 0 Å². The van der Waals surface area contributed by atoms with Gasteiger partial charge in [-0.2, -0.15) is 0 Å². The van der Waals surface area contributed by atoms with E-state index in [1.165, 1.54) is 6.42 Å². The summed E-state index contributed by atoms with van der Waals surface area (Å²) >= 11 is 0. The molecule has 1 atom stereocenters. The summed E-state index contributed by atoms with van der Waals surface area (Å²) in [5, 5.41) is -0.500. The maximum Gasteiger partial charge on any atom is 0.156 e. The van der Waals surface area contributed by atoms with Gasteiger partial charge in [-0.1, -0.05) is 13.3 Å². The predicted octanol–water partition coefficient (Wildman–Crippen LogP) is 1.72. The minimum atomic E-state index is -2.97. The van der Waals surface area contributed by atoms with Crippen molar-refractivity contribution in [2.24, 2.45) is 11.7 Å². The summed E-state index contributed by atoms with van der Waals surface area (Å²) < 4.78 is 24.1. The first-order chi connectivity index (χ1) is 7.02. The standard InChI is InChI=1S/C11H23NO2S/c1-3-10-4-6-11(7-5-10)15(13,14)9(2)8-12/h9-11H,3-8,12H2,1-2H3. The van der Waals surface area contributed by atoms with Crippen LogP contribution in [0.25, 0.3) is 0 Å². The zero-order chi connectivity index (χ0) is 11.5. The first kappa shape index (κ1) is 13.0. The van der Waals surface area contributed by atoms with Gasteiger partial charge in [0.2, 0.25) is 0 Å². The summed E-state index contributed by atoms with van der Waals surface area (Å²) in [6, 6.07) is 0. The molecule has 0 aromatic carbocycles. The fourth-order valence-electron chi connectivity index (χ4n) is 2.33. The van der Waals surface area contributed by atoms with Crippen molar-refractivity contribution in [1.29, 1.82) is 0 Å². The summed E-state index contributed by atoms with van der Waals surface area (Å²) in [6.45, 7) is 4.15. The second kappa shape index (κ2) is 5.30. The quantitative estimate of drug-likeness (QED) is 0.804. The lowest BCUT2D eigenvalue weighted by atomic mass is 9.87. The molecule has 4 heteroatoms. The van der Waals surface area contributed by atoms with Crippen LogP contribution in [0.15, 0.2) is 0 Å². The molecule has 3 nitrogen and oxygen atoms in total. The molecular formula is C11H23NO2S. The molecule has 1 fully saturated rings. The molecule has 1 rings (SSSR count). The van der Waals surface area contributed by atoms with E-state index in [0.717, 1.165) is 31.6 Å². The largest absolute Gasteiger partial charge is 0.329 e. The molecule has 0 saturated heterocycles. The van der Waals surface area contributed by atoms with Crippen molar-refractivity contribution in [3.8, 4) is 0 Å². The van der Waals surface area contributed by atoms with Gasteiger partial charge >= 0.3 is 0 Å². The zero-order valence-corrected chi connectivity index (χ0v) is 10.6. The van der Waals surface area contributed by atoms with Gasteiger partial charge in [-0.3, -0.25) is 0 Å². The lowest BCUT2D eigenvalue weighted by Crippen LogP contribution is -2.37. The number of nitrogens with two attached hydrogens (primary N) is 1. The molecule has 15 heavy (non-hydrogen) atoms. The van der Waals surface area contributed by atoms with Gasteiger partial charge in [0.05, 0.1) is 10.5 Å². The highest BCUT2D eigenvalue weighted by Crippen LogP contribution is 2.31. The Morgan fingerprint density at radius 1 is 1.27 bits per heavy atom. The minimum Gasteiger partial charge on any atom is -0.329 e. The fraction of sp³-hybridized carbons (Fsp3) is 1.00. The molecule has 0 spiro atoms. The number of rotatable bonds is 4. The second-order valence-corrected chi connectivity index (χ2v) is 7.34. The average Bonchev–Trinajstić information content (AvgIpc) is 2.28. The van der Waals surface area contributed by atoms with Crippen LogP contribution >= 0.6 is 0 Å². The third-order valence-corrected chi connectivity index (χ3v) is 6.44. The molecule has 0 radical (unpaired) electrons. The molecule has 0 heterocycles. The summed E-state index contributed by atoms with van der Waals surface area (Å²) in [6.07, 6.45) is 4.99. The van der Waals surface area contributed by atoms with Crippen molar-refractivity contribution in [2.75, 3.05) is 6.54 Å². The molecule has 1 saturated carbocycles. The van der Waals surface area contributed by atoms with E-state index in [-0.39, 0.29) is 17.0 Å². The van der Waals surface area contributed by atoms with Gasteiger partial charge < -0.3 is 5.73 Å². The molecule has 1 unspecified atom stereocenters. The van der Waals surface area contributed by atoms with E-state index in [4.69, 9.17) is 5.73 Å². The van der Waals surface area contributed by atoms with Crippen LogP contribution in [-0.4, -0.2) is 25.5 Å². The van der Waals surface area contributed by atoms with Crippen molar-refractivity contribution < 1.29 is 8.42 Å². The van der Waals surface area contributed by atoms with Gasteiger partial charge in [0.25, 0.3) is 0 Å². The fourth-order valence-corrected chi connectivity index (χ4v) is 4.19. The highest BCUT2D eigenvalue weighted by atomic mass is 32.2. The van der Waals surface area contributed by atoms with Crippen LogP contribution in [0.5, 0.6) is 0 Å². The van der Waals surface area contributed by atoms with E-state index in [1.807, 2.05) is 0 Å². The lowest BCUT2D eigenvalue weighted by molar-refractivity contribution is 0.347. The highest BCUT2D eigenvalue weighted by molar-refractivity contribution is 7.92. The molecule has 0 aliphatic heterocycles. The number of hydrogen-bond acceptors (Lipinski definition) is 3. The number of hydrogen-bond donors (Lipinski definition) is 1. The van der Waals surface area contributed by atoms with Crippen LogP contribution < -0.4 is 5.73 Å². The molecule has 90 valence electrons. The van der Waals surface area contributed by atoms with Crippen LogP contribution in [0.2, 0.25) is 0 Å². The van der Waals surface area contributed by atoms with E-state index in [2.05, 4.69) is 6.92 Å². The summed E-state index contributed by atoms with van der Waals surface area (Å²) in [7, 11) is -2.97. The normalized spacial score (nSPS) is 30.1. The minimum absolute atomic E-state index is 0.126. The van der Waals surface area contributed by atoms with Crippen LogP contribution in [0.4, 0.5) is 0 Å². The Kier molecular flexibility index (Phi) is 4.59. The second-order valence-electron chi connectivity index (χ2n) is 4.69. The Morgan fingerprint density at radius 3 is 2.20 bits per heavy atom. The SMILES string of the molecule is CCC1CCC(S(=O)(=O)C(C)CN)CC1. The zero-order valence-electron chi connectivity index (χ0n) is 9.78. The van der Waals surface area contributed by atoms with E-state index >= 15 is 0 Å². The smallest absolute Gasteiger partial charge is 0.156 e. The molecule has 0 bridgehead atoms. The Labute approximate surface area is 93.3 Å². The van der Waals surface area contributed by atoms with Crippen molar-refractivity contribution in [1.82, 2.24) is 0 Å². The van der Waals surface area contributed by atoms with Gasteiger partial charge in [-0.05, 0) is 38.5 Å². The van der Waals surface area contributed by atoms with Crippen molar-refractivity contribution in [3.63, 3.8) is 0 Å². The third kappa shape index (κ3) is 2.94. The first-order valence-corrected chi connectivity index (χ1v) is 7.56. The molecule has 0 aromatic heterocycles. The van der Waals surface area contributed by atoms with Gasteiger partial charge in [-0.25, -0.2) is 8.42 Å². The van der Waals surface area contributed by atoms with E-state index < -0.39 is 9.84 Å². The van der Waals surface area contributed by atoms with Crippen LogP contribution in [0.3, 0.4) is 0 Å². The lowest BCUT2D eigenvalue weighted by Gasteiger charge is -2.29. The van der Waals surface area contributed by atoms with E-state index in [1.54, 1.807) is 6.92 Å². The monoisotopic (exact) mass is 233 g/mol. The Balaban J connectivity index is 2.60. The van der Waals surface area contributed by atoms with Crippen LogP contribution in [0, 0.1) is 5.92 Å². The van der Waals surface area contributed by atoms with Crippen LogP contribution in [-0.2, 0) is 9.84 Å². The maximum absolute atomic E-state index is 12.0. The van der Waals surface area contributed by atoms with Crippen molar-refractivity contribution in [2.45, 2.75) is 56.5 Å². The summed E-state index contributed by atoms with van der Waals surface area (Å²) in [4.78, 5) is 0. The van der Waals surface area contributed by atoms with Gasteiger partial charge in [-0.15, -0.1) is 0 Å². The molecule has 2 N–H and O–H groups in total. The Morgan fingerprint density at radius 2 is 1.80 bits per heavy atom. The molecule has 0 amide bonds. The van der Waals surface area contributed by atoms with E-state index in [0.29, 0.717) is 0 Å². The molecule has 0 aromatic rings. The van der Waals surface area contributed by atoms with Gasteiger partial charge in [0, 0.05) is 6.54 Å². The topological polar surface area (TPSA) is 60.2 Å². The molecule has 1 aliphatic carbocycles. The third-order valence-electron chi connectivity index (χ3n) is 3.73. The van der Waals surface area contributed by atoms with Crippen LogP contribution in [0.1, 0.15) is 46.0 Å². The predicted molar refractivity (Wildman–Crippen MR) is 63.5 cm³/mol. The summed E-state index contributed by atoms with van der Waals surface area (Å²) in [5.74, 6) is 0.740. The molecule has 1 aliphatic rings. The Bertz CT molecular complexity index is 279. The van der Waals surface area contributed by atoms with E-state index in [9.17, 15) is 8.42 Å². The van der Waals surface area contributed by atoms with Crippen molar-refractivity contribution >= 4 is 9.84 Å². The average molecular weight is 233 g/mol.